The van der Waals surface area contributed by atoms with E-state index in [9.17, 15) is 4.79 Å². The van der Waals surface area contributed by atoms with Gasteiger partial charge in [0.25, 0.3) is 0 Å². The normalized spacial score (nSPS) is 42.8. The van der Waals surface area contributed by atoms with E-state index in [1.165, 1.54) is 19.3 Å². The monoisotopic (exact) mass is 236 g/mol. The average molecular weight is 236 g/mol. The largest absolute Gasteiger partial charge is 0.459 e. The van der Waals surface area contributed by atoms with Crippen LogP contribution in [0.15, 0.2) is 0 Å². The summed E-state index contributed by atoms with van der Waals surface area (Å²) in [6.45, 7) is 2.12. The van der Waals surface area contributed by atoms with Crippen LogP contribution in [-0.4, -0.2) is 11.6 Å². The number of hydrogen-bond acceptors (Lipinski definition) is 2. The second-order valence-electron chi connectivity index (χ2n) is 6.68. The standard InChI is InChI=1S/C15H24O2/c1-2-3-4-14(16)17-15-8-11-5-12(9-15)7-13(6-11)10-15/h11-13H,2-10H2,1H3. The molecule has 0 radical (unpaired) electrons. The molecule has 4 bridgehead atoms. The maximum absolute atomic E-state index is 11.9. The molecular formula is C15H24O2. The van der Waals surface area contributed by atoms with Crippen LogP contribution in [0.5, 0.6) is 0 Å². The molecule has 0 aliphatic heterocycles. The van der Waals surface area contributed by atoms with Crippen molar-refractivity contribution in [2.45, 2.75) is 70.3 Å². The zero-order valence-electron chi connectivity index (χ0n) is 10.9. The second-order valence-corrected chi connectivity index (χ2v) is 6.68. The smallest absolute Gasteiger partial charge is 0.306 e. The van der Waals surface area contributed by atoms with Gasteiger partial charge in [-0.3, -0.25) is 4.79 Å². The number of carbonyl (C=O) groups is 1. The van der Waals surface area contributed by atoms with Gasteiger partial charge in [0.2, 0.25) is 0 Å². The van der Waals surface area contributed by atoms with Crippen molar-refractivity contribution in [2.24, 2.45) is 17.8 Å². The molecule has 0 atom stereocenters. The maximum atomic E-state index is 11.9. The molecule has 0 unspecified atom stereocenters. The lowest BCUT2D eigenvalue weighted by atomic mass is 9.54. The van der Waals surface area contributed by atoms with Crippen molar-refractivity contribution in [3.05, 3.63) is 0 Å². The summed E-state index contributed by atoms with van der Waals surface area (Å²) in [6.07, 6.45) is 10.4. The van der Waals surface area contributed by atoms with E-state index in [0.717, 1.165) is 49.9 Å². The SMILES string of the molecule is CCCCC(=O)OC12CC3CC(CC(C3)C1)C2. The Kier molecular flexibility index (Phi) is 2.92. The molecule has 4 fully saturated rings. The summed E-state index contributed by atoms with van der Waals surface area (Å²) in [7, 11) is 0. The van der Waals surface area contributed by atoms with E-state index < -0.39 is 0 Å². The van der Waals surface area contributed by atoms with Gasteiger partial charge in [-0.2, -0.15) is 0 Å². The first-order valence-corrected chi connectivity index (χ1v) is 7.41. The van der Waals surface area contributed by atoms with Crippen molar-refractivity contribution in [1.82, 2.24) is 0 Å². The van der Waals surface area contributed by atoms with Gasteiger partial charge in [-0.25, -0.2) is 0 Å². The lowest BCUT2D eigenvalue weighted by Gasteiger charge is -2.55. The highest BCUT2D eigenvalue weighted by molar-refractivity contribution is 5.70. The third-order valence-electron chi connectivity index (χ3n) is 5.05. The minimum absolute atomic E-state index is 0.0282. The number of unbranched alkanes of at least 4 members (excludes halogenated alkanes) is 1. The van der Waals surface area contributed by atoms with Gasteiger partial charge in [0.05, 0.1) is 0 Å². The van der Waals surface area contributed by atoms with Crippen molar-refractivity contribution in [1.29, 1.82) is 0 Å². The summed E-state index contributed by atoms with van der Waals surface area (Å²) in [4.78, 5) is 11.9. The maximum Gasteiger partial charge on any atom is 0.306 e. The average Bonchev–Trinajstić information content (AvgIpc) is 2.23. The molecular weight excluding hydrogens is 212 g/mol. The quantitative estimate of drug-likeness (QED) is 0.696. The summed E-state index contributed by atoms with van der Waals surface area (Å²) in [5.41, 5.74) is -0.0282. The number of rotatable bonds is 4. The molecule has 0 aromatic rings. The minimum atomic E-state index is -0.0282. The van der Waals surface area contributed by atoms with Crippen molar-refractivity contribution in [3.8, 4) is 0 Å². The predicted molar refractivity (Wildman–Crippen MR) is 66.5 cm³/mol. The molecule has 4 saturated carbocycles. The van der Waals surface area contributed by atoms with Crippen LogP contribution in [-0.2, 0) is 9.53 Å². The molecule has 4 rings (SSSR count). The minimum Gasteiger partial charge on any atom is -0.459 e. The first-order valence-electron chi connectivity index (χ1n) is 7.41. The summed E-state index contributed by atoms with van der Waals surface area (Å²) in [5.74, 6) is 2.65. The Morgan fingerprint density at radius 2 is 1.65 bits per heavy atom. The highest BCUT2D eigenvalue weighted by Gasteiger charge is 2.53. The number of ether oxygens (including phenoxy) is 1. The fourth-order valence-corrected chi connectivity index (χ4v) is 4.77. The van der Waals surface area contributed by atoms with Gasteiger partial charge >= 0.3 is 5.97 Å². The molecule has 96 valence electrons. The second kappa shape index (κ2) is 4.29. The highest BCUT2D eigenvalue weighted by atomic mass is 16.6. The molecule has 0 saturated heterocycles. The fourth-order valence-electron chi connectivity index (χ4n) is 4.77. The number of carbonyl (C=O) groups excluding carboxylic acids is 1. The first-order chi connectivity index (χ1) is 8.19. The lowest BCUT2D eigenvalue weighted by Crippen LogP contribution is -2.52. The van der Waals surface area contributed by atoms with E-state index in [2.05, 4.69) is 6.92 Å². The Morgan fingerprint density at radius 1 is 1.12 bits per heavy atom. The molecule has 2 heteroatoms. The fraction of sp³-hybridized carbons (Fsp3) is 0.933. The van der Waals surface area contributed by atoms with Gasteiger partial charge in [-0.1, -0.05) is 13.3 Å². The lowest BCUT2D eigenvalue weighted by molar-refractivity contribution is -0.186. The van der Waals surface area contributed by atoms with Crippen LogP contribution in [0, 0.1) is 17.8 Å². The van der Waals surface area contributed by atoms with Gasteiger partial charge < -0.3 is 4.74 Å². The van der Waals surface area contributed by atoms with Gasteiger partial charge in [0.1, 0.15) is 5.60 Å². The van der Waals surface area contributed by atoms with E-state index in [1.807, 2.05) is 0 Å². The summed E-state index contributed by atoms with van der Waals surface area (Å²) in [6, 6.07) is 0. The van der Waals surface area contributed by atoms with E-state index in [4.69, 9.17) is 4.74 Å². The molecule has 0 heterocycles. The molecule has 0 aromatic carbocycles. The summed E-state index contributed by atoms with van der Waals surface area (Å²) in [5, 5.41) is 0. The molecule has 4 aliphatic carbocycles. The van der Waals surface area contributed by atoms with Crippen LogP contribution >= 0.6 is 0 Å². The van der Waals surface area contributed by atoms with E-state index in [0.29, 0.717) is 6.42 Å². The Bertz CT molecular complexity index is 273. The Morgan fingerprint density at radius 3 is 2.12 bits per heavy atom. The van der Waals surface area contributed by atoms with Crippen LogP contribution < -0.4 is 0 Å². The van der Waals surface area contributed by atoms with E-state index in [1.54, 1.807) is 0 Å². The van der Waals surface area contributed by atoms with Crippen molar-refractivity contribution in [2.75, 3.05) is 0 Å². The van der Waals surface area contributed by atoms with Crippen LogP contribution in [0.3, 0.4) is 0 Å². The molecule has 0 N–H and O–H groups in total. The van der Waals surface area contributed by atoms with Crippen LogP contribution in [0.4, 0.5) is 0 Å². The first kappa shape index (κ1) is 11.6. The summed E-state index contributed by atoms with van der Waals surface area (Å²) < 4.78 is 5.91. The predicted octanol–water partition coefficient (Wildman–Crippen LogP) is 3.69. The third-order valence-corrected chi connectivity index (χ3v) is 5.05. The van der Waals surface area contributed by atoms with Crippen LogP contribution in [0.25, 0.3) is 0 Å². The van der Waals surface area contributed by atoms with Gasteiger partial charge in [-0.15, -0.1) is 0 Å². The number of esters is 1. The van der Waals surface area contributed by atoms with Crippen LogP contribution in [0.1, 0.15) is 64.7 Å². The van der Waals surface area contributed by atoms with Crippen molar-refractivity contribution >= 4 is 5.97 Å². The number of hydrogen-bond donors (Lipinski definition) is 0. The van der Waals surface area contributed by atoms with Crippen molar-refractivity contribution < 1.29 is 9.53 Å². The molecule has 0 spiro atoms. The van der Waals surface area contributed by atoms with E-state index in [-0.39, 0.29) is 11.6 Å². The molecule has 4 aliphatic rings. The zero-order chi connectivity index (χ0) is 11.9. The van der Waals surface area contributed by atoms with Crippen LogP contribution in [0.2, 0.25) is 0 Å². The Labute approximate surface area is 104 Å². The Hall–Kier alpha value is -0.530. The van der Waals surface area contributed by atoms with Gasteiger partial charge in [0, 0.05) is 6.42 Å². The Balaban J connectivity index is 1.64. The highest BCUT2D eigenvalue weighted by Crippen LogP contribution is 2.57. The molecule has 0 aromatic heterocycles. The molecule has 17 heavy (non-hydrogen) atoms. The van der Waals surface area contributed by atoms with Gasteiger partial charge in [-0.05, 0) is 62.7 Å². The molecule has 2 nitrogen and oxygen atoms in total. The molecule has 0 amide bonds. The summed E-state index contributed by atoms with van der Waals surface area (Å²) >= 11 is 0. The van der Waals surface area contributed by atoms with Crippen molar-refractivity contribution in [3.63, 3.8) is 0 Å². The van der Waals surface area contributed by atoms with Gasteiger partial charge in [0.15, 0.2) is 0 Å². The topological polar surface area (TPSA) is 26.3 Å². The zero-order valence-corrected chi connectivity index (χ0v) is 10.9. The third kappa shape index (κ3) is 2.23. The van der Waals surface area contributed by atoms with E-state index >= 15 is 0 Å².